The van der Waals surface area contributed by atoms with Crippen LogP contribution in [0.15, 0.2) is 4.52 Å². The van der Waals surface area contributed by atoms with E-state index >= 15 is 0 Å². The zero-order chi connectivity index (χ0) is 12.8. The van der Waals surface area contributed by atoms with Gasteiger partial charge in [0.2, 0.25) is 5.91 Å². The normalized spacial score (nSPS) is 11.9. The highest BCUT2D eigenvalue weighted by Crippen LogP contribution is 2.12. The van der Waals surface area contributed by atoms with Crippen molar-refractivity contribution in [1.82, 2.24) is 10.5 Å². The number of amides is 1. The third-order valence-corrected chi connectivity index (χ3v) is 2.67. The lowest BCUT2D eigenvalue weighted by Gasteiger charge is -2.08. The van der Waals surface area contributed by atoms with Crippen LogP contribution in [0.4, 0.5) is 0 Å². The lowest BCUT2D eigenvalue weighted by Crippen LogP contribution is -2.29. The van der Waals surface area contributed by atoms with Gasteiger partial charge < -0.3 is 9.84 Å². The molecule has 92 valence electrons. The average Bonchev–Trinajstić information content (AvgIpc) is 2.63. The molecule has 1 atom stereocenters. The molecule has 0 aliphatic rings. The summed E-state index contributed by atoms with van der Waals surface area (Å²) in [6, 6.07) is 2.01. The van der Waals surface area contributed by atoms with Gasteiger partial charge in [0.1, 0.15) is 11.7 Å². The molecule has 0 saturated heterocycles. The van der Waals surface area contributed by atoms with E-state index < -0.39 is 5.92 Å². The summed E-state index contributed by atoms with van der Waals surface area (Å²) < 4.78 is 5.00. The van der Waals surface area contributed by atoms with Gasteiger partial charge >= 0.3 is 0 Å². The Balaban J connectivity index is 2.57. The van der Waals surface area contributed by atoms with Gasteiger partial charge in [0, 0.05) is 12.1 Å². The summed E-state index contributed by atoms with van der Waals surface area (Å²) in [6.07, 6.45) is 1.40. The summed E-state index contributed by atoms with van der Waals surface area (Å²) in [4.78, 5) is 11.7. The Morgan fingerprint density at radius 1 is 1.59 bits per heavy atom. The van der Waals surface area contributed by atoms with Crippen LogP contribution >= 0.6 is 0 Å². The predicted octanol–water partition coefficient (Wildman–Crippen LogP) is 1.85. The van der Waals surface area contributed by atoms with E-state index in [0.717, 1.165) is 17.7 Å². The molecule has 1 rings (SSSR count). The van der Waals surface area contributed by atoms with E-state index in [1.165, 1.54) is 0 Å². The van der Waals surface area contributed by atoms with Gasteiger partial charge in [-0.3, -0.25) is 4.79 Å². The number of carbonyl (C=O) groups is 1. The van der Waals surface area contributed by atoms with E-state index in [1.807, 2.05) is 19.9 Å². The molecule has 0 fully saturated rings. The van der Waals surface area contributed by atoms with Crippen LogP contribution in [0.25, 0.3) is 0 Å². The number of aromatic nitrogens is 1. The number of carbonyl (C=O) groups excluding carboxylic acids is 1. The Bertz CT molecular complexity index is 412. The second kappa shape index (κ2) is 6.04. The fraction of sp³-hybridized carbons (Fsp3) is 0.583. The second-order valence-electron chi connectivity index (χ2n) is 3.99. The van der Waals surface area contributed by atoms with Crippen molar-refractivity contribution in [2.45, 2.75) is 40.2 Å². The summed E-state index contributed by atoms with van der Waals surface area (Å²) >= 11 is 0. The summed E-state index contributed by atoms with van der Waals surface area (Å²) in [5.74, 6) is -0.0957. The van der Waals surface area contributed by atoms with Gasteiger partial charge in [0.05, 0.1) is 11.8 Å². The van der Waals surface area contributed by atoms with E-state index in [1.54, 1.807) is 6.92 Å². The van der Waals surface area contributed by atoms with Crippen molar-refractivity contribution in [3.8, 4) is 6.07 Å². The first-order valence-corrected chi connectivity index (χ1v) is 5.69. The number of rotatable bonds is 5. The number of nitrogens with zero attached hydrogens (tertiary/aromatic N) is 2. The van der Waals surface area contributed by atoms with E-state index in [4.69, 9.17) is 9.78 Å². The van der Waals surface area contributed by atoms with E-state index in [9.17, 15) is 4.79 Å². The quantitative estimate of drug-likeness (QED) is 0.844. The van der Waals surface area contributed by atoms with Crippen LogP contribution < -0.4 is 5.32 Å². The van der Waals surface area contributed by atoms with Crippen LogP contribution in [0.3, 0.4) is 0 Å². The van der Waals surface area contributed by atoms with Crippen molar-refractivity contribution < 1.29 is 9.32 Å². The predicted molar refractivity (Wildman–Crippen MR) is 61.8 cm³/mol. The largest absolute Gasteiger partial charge is 0.361 e. The van der Waals surface area contributed by atoms with Gasteiger partial charge in [-0.05, 0) is 20.3 Å². The molecule has 0 aromatic carbocycles. The Labute approximate surface area is 101 Å². The lowest BCUT2D eigenvalue weighted by molar-refractivity contribution is -0.123. The molecule has 17 heavy (non-hydrogen) atoms. The topological polar surface area (TPSA) is 78.9 Å². The number of nitriles is 1. The minimum absolute atomic E-state index is 0.227. The Hall–Kier alpha value is -1.83. The molecule has 0 aliphatic carbocycles. The van der Waals surface area contributed by atoms with Gasteiger partial charge in [-0.1, -0.05) is 18.5 Å². The molecule has 0 saturated carbocycles. The summed E-state index contributed by atoms with van der Waals surface area (Å²) in [5.41, 5.74) is 1.65. The van der Waals surface area contributed by atoms with Crippen molar-refractivity contribution >= 4 is 5.91 Å². The number of hydrogen-bond acceptors (Lipinski definition) is 4. The van der Waals surface area contributed by atoms with Crippen LogP contribution in [0, 0.1) is 31.1 Å². The smallest absolute Gasteiger partial charge is 0.237 e. The Morgan fingerprint density at radius 3 is 2.76 bits per heavy atom. The van der Waals surface area contributed by atoms with Gasteiger partial charge in [0.15, 0.2) is 0 Å². The number of aryl methyl sites for hydroxylation is 2. The van der Waals surface area contributed by atoms with Crippen molar-refractivity contribution in [3.63, 3.8) is 0 Å². The van der Waals surface area contributed by atoms with E-state index in [2.05, 4.69) is 10.5 Å². The van der Waals surface area contributed by atoms with Gasteiger partial charge in [-0.15, -0.1) is 0 Å². The van der Waals surface area contributed by atoms with Crippen LogP contribution in [-0.2, 0) is 11.3 Å². The molecular formula is C12H17N3O2. The molecule has 0 spiro atoms. The summed E-state index contributed by atoms with van der Waals surface area (Å²) in [7, 11) is 0. The average molecular weight is 235 g/mol. The molecule has 1 unspecified atom stereocenters. The molecule has 0 radical (unpaired) electrons. The lowest BCUT2D eigenvalue weighted by atomic mass is 10.0. The zero-order valence-electron chi connectivity index (χ0n) is 10.4. The monoisotopic (exact) mass is 235 g/mol. The maximum Gasteiger partial charge on any atom is 0.237 e. The fourth-order valence-electron chi connectivity index (χ4n) is 1.60. The molecule has 0 aliphatic heterocycles. The minimum Gasteiger partial charge on any atom is -0.361 e. The first-order valence-electron chi connectivity index (χ1n) is 5.69. The Kier molecular flexibility index (Phi) is 4.70. The fourth-order valence-corrected chi connectivity index (χ4v) is 1.60. The third-order valence-electron chi connectivity index (χ3n) is 2.67. The number of hydrogen-bond donors (Lipinski definition) is 1. The molecule has 1 heterocycles. The maximum absolute atomic E-state index is 11.7. The van der Waals surface area contributed by atoms with Gasteiger partial charge in [0.25, 0.3) is 0 Å². The highest BCUT2D eigenvalue weighted by atomic mass is 16.5. The second-order valence-corrected chi connectivity index (χ2v) is 3.99. The van der Waals surface area contributed by atoms with Gasteiger partial charge in [-0.25, -0.2) is 0 Å². The molecule has 0 bridgehead atoms. The molecule has 1 amide bonds. The molecule has 5 nitrogen and oxygen atoms in total. The summed E-state index contributed by atoms with van der Waals surface area (Å²) in [5, 5.41) is 15.4. The standard InChI is InChI=1S/C12H17N3O2/c1-4-5-10(6-13)12(16)14-7-11-8(2)15-17-9(11)3/h10H,4-5,7H2,1-3H3,(H,14,16). The zero-order valence-corrected chi connectivity index (χ0v) is 10.4. The Morgan fingerprint density at radius 2 is 2.29 bits per heavy atom. The highest BCUT2D eigenvalue weighted by Gasteiger charge is 2.17. The van der Waals surface area contributed by atoms with Gasteiger partial charge in [-0.2, -0.15) is 5.26 Å². The SMILES string of the molecule is CCCC(C#N)C(=O)NCc1c(C)noc1C. The van der Waals surface area contributed by atoms with Crippen LogP contribution in [0.5, 0.6) is 0 Å². The van der Waals surface area contributed by atoms with Crippen LogP contribution in [0.2, 0.25) is 0 Å². The first-order chi connectivity index (χ1) is 8.10. The maximum atomic E-state index is 11.7. The van der Waals surface area contributed by atoms with Crippen LogP contribution in [0.1, 0.15) is 36.8 Å². The molecule has 1 aromatic heterocycles. The van der Waals surface area contributed by atoms with Crippen molar-refractivity contribution in [2.75, 3.05) is 0 Å². The molecule has 1 N–H and O–H groups in total. The molecular weight excluding hydrogens is 218 g/mol. The molecule has 1 aromatic rings. The van der Waals surface area contributed by atoms with Crippen LogP contribution in [-0.4, -0.2) is 11.1 Å². The van der Waals surface area contributed by atoms with Crippen molar-refractivity contribution in [3.05, 3.63) is 17.0 Å². The first kappa shape index (κ1) is 13.2. The van der Waals surface area contributed by atoms with Crippen molar-refractivity contribution in [1.29, 1.82) is 5.26 Å². The minimum atomic E-state index is -0.569. The summed E-state index contributed by atoms with van der Waals surface area (Å²) in [6.45, 7) is 5.94. The number of nitrogens with one attached hydrogen (secondary N) is 1. The molecule has 5 heteroatoms. The third kappa shape index (κ3) is 3.31. The van der Waals surface area contributed by atoms with E-state index in [0.29, 0.717) is 18.7 Å². The highest BCUT2D eigenvalue weighted by molar-refractivity contribution is 5.80. The van der Waals surface area contributed by atoms with E-state index in [-0.39, 0.29) is 5.91 Å². The van der Waals surface area contributed by atoms with Crippen molar-refractivity contribution in [2.24, 2.45) is 5.92 Å².